The van der Waals surface area contributed by atoms with Crippen LogP contribution >= 0.6 is 0 Å². The second kappa shape index (κ2) is 8.10. The number of hydrogen-bond acceptors (Lipinski definition) is 6. The molecule has 1 fully saturated rings. The van der Waals surface area contributed by atoms with Gasteiger partial charge in [-0.15, -0.1) is 0 Å². The van der Waals surface area contributed by atoms with Gasteiger partial charge in [0.15, 0.2) is 5.82 Å². The lowest BCUT2D eigenvalue weighted by atomic mass is 10.1. The zero-order valence-electron chi connectivity index (χ0n) is 16.3. The molecule has 0 saturated heterocycles. The van der Waals surface area contributed by atoms with Crippen LogP contribution in [0.1, 0.15) is 62.2 Å². The van der Waals surface area contributed by atoms with Gasteiger partial charge in [-0.05, 0) is 32.3 Å². The van der Waals surface area contributed by atoms with Crippen molar-refractivity contribution in [3.63, 3.8) is 0 Å². The number of aromatic nitrogens is 5. The van der Waals surface area contributed by atoms with Crippen molar-refractivity contribution in [2.75, 3.05) is 10.6 Å². The Morgan fingerprint density at radius 3 is 2.66 bits per heavy atom. The van der Waals surface area contributed by atoms with Gasteiger partial charge in [-0.2, -0.15) is 20.1 Å². The summed E-state index contributed by atoms with van der Waals surface area (Å²) >= 11 is 0. The smallest absolute Gasteiger partial charge is 0.233 e. The maximum Gasteiger partial charge on any atom is 0.233 e. The van der Waals surface area contributed by atoms with Crippen molar-refractivity contribution in [3.05, 3.63) is 53.0 Å². The molecule has 3 aromatic rings. The minimum absolute atomic E-state index is 0.312. The van der Waals surface area contributed by atoms with Crippen molar-refractivity contribution in [2.45, 2.75) is 51.5 Å². The number of hydrogen-bond donors (Lipinski definition) is 3. The molecule has 152 valence electrons. The Bertz CT molecular complexity index is 1000. The summed E-state index contributed by atoms with van der Waals surface area (Å²) in [7, 11) is 0. The molecule has 0 radical (unpaired) electrons. The predicted octanol–water partition coefficient (Wildman–Crippen LogP) is 4.62. The molecule has 0 spiro atoms. The minimum Gasteiger partial charge on any atom is -0.347 e. The fourth-order valence-corrected chi connectivity index (χ4v) is 3.10. The van der Waals surface area contributed by atoms with Crippen LogP contribution in [0.25, 0.3) is 0 Å². The fourth-order valence-electron chi connectivity index (χ4n) is 3.10. The minimum atomic E-state index is -0.611. The summed E-state index contributed by atoms with van der Waals surface area (Å²) in [5.41, 5.74) is 1.37. The Kier molecular flexibility index (Phi) is 5.37. The zero-order valence-corrected chi connectivity index (χ0v) is 16.3. The van der Waals surface area contributed by atoms with E-state index in [1.165, 1.54) is 12.1 Å². The van der Waals surface area contributed by atoms with Crippen molar-refractivity contribution in [3.8, 4) is 0 Å². The van der Waals surface area contributed by atoms with E-state index in [-0.39, 0.29) is 0 Å². The van der Waals surface area contributed by atoms with Gasteiger partial charge < -0.3 is 10.6 Å². The van der Waals surface area contributed by atoms with E-state index in [1.54, 1.807) is 6.92 Å². The summed E-state index contributed by atoms with van der Waals surface area (Å²) in [6, 6.07) is 5.00. The molecule has 3 N–H and O–H groups in total. The molecule has 0 aliphatic heterocycles. The first-order valence-electron chi connectivity index (χ1n) is 9.80. The number of aryl methyl sites for hydroxylation is 1. The molecular formula is C20H23F2N7. The number of anilines is 3. The van der Waals surface area contributed by atoms with Gasteiger partial charge in [0, 0.05) is 29.3 Å². The van der Waals surface area contributed by atoms with Crippen molar-refractivity contribution in [2.24, 2.45) is 0 Å². The second-order valence-corrected chi connectivity index (χ2v) is 7.30. The number of nitrogens with one attached hydrogen (secondary N) is 3. The number of nitrogens with zero attached hydrogens (tertiary/aromatic N) is 4. The molecule has 1 aliphatic carbocycles. The molecule has 1 unspecified atom stereocenters. The highest BCUT2D eigenvalue weighted by Gasteiger charge is 2.28. The fraction of sp³-hybridized carbons (Fsp3) is 0.400. The van der Waals surface area contributed by atoms with Crippen molar-refractivity contribution in [1.29, 1.82) is 0 Å². The van der Waals surface area contributed by atoms with Gasteiger partial charge in [0.05, 0.1) is 6.04 Å². The number of halogens is 2. The summed E-state index contributed by atoms with van der Waals surface area (Å²) in [5, 5.41) is 13.4. The van der Waals surface area contributed by atoms with E-state index < -0.39 is 17.7 Å². The molecular weight excluding hydrogens is 376 g/mol. The molecule has 9 heteroatoms. The van der Waals surface area contributed by atoms with Gasteiger partial charge >= 0.3 is 0 Å². The highest BCUT2D eigenvalue weighted by molar-refractivity contribution is 5.50. The van der Waals surface area contributed by atoms with Gasteiger partial charge in [0.25, 0.3) is 0 Å². The SMILES string of the molecule is CCCc1cc(Nc2nc(NC(C)c3ccc(F)cc3F)nc(C3CC3)n2)n[nH]1. The summed E-state index contributed by atoms with van der Waals surface area (Å²) in [5.74, 6) is 1.14. The average Bonchev–Trinajstić information content (AvgIpc) is 3.43. The molecule has 1 saturated carbocycles. The first-order chi connectivity index (χ1) is 14.0. The zero-order chi connectivity index (χ0) is 20.4. The van der Waals surface area contributed by atoms with Gasteiger partial charge in [-0.3, -0.25) is 5.10 Å². The highest BCUT2D eigenvalue weighted by Crippen LogP contribution is 2.38. The summed E-state index contributed by atoms with van der Waals surface area (Å²) in [4.78, 5) is 13.4. The molecule has 1 aliphatic rings. The van der Waals surface area contributed by atoms with E-state index in [9.17, 15) is 8.78 Å². The van der Waals surface area contributed by atoms with Crippen LogP contribution in [0.15, 0.2) is 24.3 Å². The van der Waals surface area contributed by atoms with E-state index in [4.69, 9.17) is 0 Å². The first-order valence-corrected chi connectivity index (χ1v) is 9.80. The third-order valence-electron chi connectivity index (χ3n) is 4.76. The molecule has 2 heterocycles. The lowest BCUT2D eigenvalue weighted by molar-refractivity contribution is 0.566. The monoisotopic (exact) mass is 399 g/mol. The highest BCUT2D eigenvalue weighted by atomic mass is 19.1. The number of H-pyrrole nitrogens is 1. The van der Waals surface area contributed by atoms with Crippen LogP contribution in [0.3, 0.4) is 0 Å². The van der Waals surface area contributed by atoms with Crippen molar-refractivity contribution >= 4 is 17.7 Å². The average molecular weight is 399 g/mol. The van der Waals surface area contributed by atoms with Crippen molar-refractivity contribution in [1.82, 2.24) is 25.1 Å². The lowest BCUT2D eigenvalue weighted by Crippen LogP contribution is -2.14. The third kappa shape index (κ3) is 4.67. The molecule has 2 aromatic heterocycles. The second-order valence-electron chi connectivity index (χ2n) is 7.30. The molecule has 7 nitrogen and oxygen atoms in total. The van der Waals surface area contributed by atoms with E-state index in [2.05, 4.69) is 42.7 Å². The molecule has 1 aromatic carbocycles. The Balaban J connectivity index is 1.56. The Morgan fingerprint density at radius 2 is 1.93 bits per heavy atom. The Hall–Kier alpha value is -3.10. The standard InChI is InChI=1S/C20H23F2N7/c1-3-4-14-10-17(29-28-14)24-20-26-18(12-5-6-12)25-19(27-20)23-11(2)15-8-7-13(21)9-16(15)22/h7-12H,3-6H2,1-2H3,(H3,23,24,25,26,27,28,29). The molecule has 4 rings (SSSR count). The van der Waals surface area contributed by atoms with E-state index in [0.717, 1.165) is 37.4 Å². The summed E-state index contributed by atoms with van der Waals surface area (Å²) < 4.78 is 27.3. The Morgan fingerprint density at radius 1 is 1.14 bits per heavy atom. The molecule has 29 heavy (non-hydrogen) atoms. The summed E-state index contributed by atoms with van der Waals surface area (Å²) in [6.45, 7) is 3.87. The quantitative estimate of drug-likeness (QED) is 0.512. The largest absolute Gasteiger partial charge is 0.347 e. The van der Waals surface area contributed by atoms with Gasteiger partial charge in [-0.25, -0.2) is 8.78 Å². The maximum atomic E-state index is 14.1. The predicted molar refractivity (Wildman–Crippen MR) is 106 cm³/mol. The van der Waals surface area contributed by atoms with Gasteiger partial charge in [-0.1, -0.05) is 19.4 Å². The third-order valence-corrected chi connectivity index (χ3v) is 4.76. The van der Waals surface area contributed by atoms with Crippen LogP contribution in [0.2, 0.25) is 0 Å². The topological polar surface area (TPSA) is 91.4 Å². The van der Waals surface area contributed by atoms with Crippen LogP contribution < -0.4 is 10.6 Å². The van der Waals surface area contributed by atoms with Crippen LogP contribution in [0.5, 0.6) is 0 Å². The van der Waals surface area contributed by atoms with Crippen LogP contribution in [0, 0.1) is 11.6 Å². The van der Waals surface area contributed by atoms with Crippen LogP contribution in [-0.2, 0) is 6.42 Å². The van der Waals surface area contributed by atoms with Gasteiger partial charge in [0.1, 0.15) is 17.5 Å². The van der Waals surface area contributed by atoms with E-state index in [1.807, 2.05) is 6.07 Å². The molecule has 0 amide bonds. The van der Waals surface area contributed by atoms with Gasteiger partial charge in [0.2, 0.25) is 11.9 Å². The normalized spacial score (nSPS) is 14.6. The van der Waals surface area contributed by atoms with Crippen molar-refractivity contribution < 1.29 is 8.78 Å². The number of benzene rings is 1. The van der Waals surface area contributed by atoms with E-state index in [0.29, 0.717) is 35.0 Å². The van der Waals surface area contributed by atoms with E-state index >= 15 is 0 Å². The summed E-state index contributed by atoms with van der Waals surface area (Å²) in [6.07, 6.45) is 4.00. The first kappa shape index (κ1) is 19.2. The van der Waals surface area contributed by atoms with Crippen LogP contribution in [0.4, 0.5) is 26.5 Å². The number of rotatable bonds is 8. The maximum absolute atomic E-state index is 14.1. The number of aromatic amines is 1. The molecule has 1 atom stereocenters. The lowest BCUT2D eigenvalue weighted by Gasteiger charge is -2.16. The molecule has 0 bridgehead atoms. The van der Waals surface area contributed by atoms with Crippen LogP contribution in [-0.4, -0.2) is 25.1 Å². The Labute approximate surface area is 167 Å².